The topological polar surface area (TPSA) is 66.4 Å². The van der Waals surface area contributed by atoms with E-state index in [2.05, 4.69) is 5.32 Å². The molecule has 114 valence electrons. The smallest absolute Gasteiger partial charge is 0.252 e. The molecule has 1 unspecified atom stereocenters. The van der Waals surface area contributed by atoms with E-state index in [-0.39, 0.29) is 24.2 Å². The van der Waals surface area contributed by atoms with E-state index < -0.39 is 0 Å². The van der Waals surface area contributed by atoms with Crippen molar-refractivity contribution in [2.75, 3.05) is 13.2 Å². The first-order valence-electron chi connectivity index (χ1n) is 7.21. The number of benzene rings is 2. The van der Waals surface area contributed by atoms with Crippen LogP contribution in [0.5, 0.6) is 0 Å². The molecule has 1 amide bonds. The first kappa shape index (κ1) is 15.9. The zero-order valence-corrected chi connectivity index (χ0v) is 12.5. The molecule has 0 aromatic heterocycles. The van der Waals surface area contributed by atoms with Crippen LogP contribution in [0.25, 0.3) is 0 Å². The molecule has 0 aliphatic rings. The lowest BCUT2D eigenvalue weighted by Gasteiger charge is -2.12. The molecule has 0 spiro atoms. The second-order valence-corrected chi connectivity index (χ2v) is 5.24. The highest BCUT2D eigenvalue weighted by Crippen LogP contribution is 2.14. The van der Waals surface area contributed by atoms with Gasteiger partial charge in [-0.1, -0.05) is 55.5 Å². The van der Waals surface area contributed by atoms with Gasteiger partial charge >= 0.3 is 0 Å². The number of carbonyl (C=O) groups excluding carboxylic acids is 2. The number of ketones is 1. The molecule has 0 saturated heterocycles. The molecule has 2 aromatic carbocycles. The Labute approximate surface area is 129 Å². The van der Waals surface area contributed by atoms with Crippen LogP contribution in [0.3, 0.4) is 0 Å². The van der Waals surface area contributed by atoms with E-state index in [1.54, 1.807) is 48.5 Å². The first-order valence-corrected chi connectivity index (χ1v) is 7.21. The molecule has 0 aliphatic carbocycles. The number of hydrogen-bond donors (Lipinski definition) is 2. The summed E-state index contributed by atoms with van der Waals surface area (Å²) in [7, 11) is 0. The van der Waals surface area contributed by atoms with Gasteiger partial charge in [-0.05, 0) is 12.0 Å². The van der Waals surface area contributed by atoms with Crippen molar-refractivity contribution in [3.63, 3.8) is 0 Å². The number of amides is 1. The van der Waals surface area contributed by atoms with Gasteiger partial charge in [0.15, 0.2) is 5.78 Å². The molecule has 2 aromatic rings. The number of aliphatic hydroxyl groups is 1. The lowest BCUT2D eigenvalue weighted by molar-refractivity contribution is 0.0932. The highest BCUT2D eigenvalue weighted by molar-refractivity contribution is 6.15. The van der Waals surface area contributed by atoms with E-state index in [9.17, 15) is 9.59 Å². The second-order valence-electron chi connectivity index (χ2n) is 5.24. The van der Waals surface area contributed by atoms with Crippen LogP contribution in [0.15, 0.2) is 54.6 Å². The molecule has 2 N–H and O–H groups in total. The first-order chi connectivity index (χ1) is 10.6. The van der Waals surface area contributed by atoms with Gasteiger partial charge in [0, 0.05) is 24.3 Å². The molecule has 0 aliphatic heterocycles. The Hall–Kier alpha value is -2.46. The van der Waals surface area contributed by atoms with Gasteiger partial charge in [-0.15, -0.1) is 0 Å². The van der Waals surface area contributed by atoms with E-state index in [4.69, 9.17) is 5.11 Å². The summed E-state index contributed by atoms with van der Waals surface area (Å²) in [6, 6.07) is 15.6. The van der Waals surface area contributed by atoms with E-state index in [1.807, 2.05) is 13.0 Å². The molecule has 1 atom stereocenters. The van der Waals surface area contributed by atoms with E-state index in [1.165, 1.54) is 0 Å². The Balaban J connectivity index is 2.23. The normalized spacial score (nSPS) is 11.7. The molecule has 0 fully saturated rings. The van der Waals surface area contributed by atoms with Gasteiger partial charge in [0.05, 0.1) is 5.56 Å². The summed E-state index contributed by atoms with van der Waals surface area (Å²) in [5.74, 6) is -0.511. The lowest BCUT2D eigenvalue weighted by atomic mass is 9.98. The fourth-order valence-corrected chi connectivity index (χ4v) is 2.05. The van der Waals surface area contributed by atoms with Crippen LogP contribution in [-0.4, -0.2) is 29.9 Å². The van der Waals surface area contributed by atoms with E-state index in [0.717, 1.165) is 0 Å². The van der Waals surface area contributed by atoms with E-state index in [0.29, 0.717) is 23.2 Å². The van der Waals surface area contributed by atoms with Crippen molar-refractivity contribution in [2.45, 2.75) is 6.92 Å². The molecular weight excluding hydrogens is 278 g/mol. The van der Waals surface area contributed by atoms with Crippen molar-refractivity contribution in [3.05, 3.63) is 71.3 Å². The van der Waals surface area contributed by atoms with Crippen LogP contribution in [-0.2, 0) is 0 Å². The number of nitrogens with one attached hydrogen (secondary N) is 1. The maximum absolute atomic E-state index is 12.5. The Morgan fingerprint density at radius 2 is 1.59 bits per heavy atom. The summed E-state index contributed by atoms with van der Waals surface area (Å²) in [4.78, 5) is 24.8. The number of rotatable bonds is 6. The molecule has 22 heavy (non-hydrogen) atoms. The standard InChI is InChI=1S/C18H19NO3/c1-13(12-20)11-19-18(22)16-10-6-5-9-15(16)17(21)14-7-3-2-4-8-14/h2-10,13,20H,11-12H2,1H3,(H,19,22). The number of aliphatic hydroxyl groups excluding tert-OH is 1. The predicted octanol–water partition coefficient (Wildman–Crippen LogP) is 2.28. The third-order valence-corrected chi connectivity index (χ3v) is 3.38. The summed E-state index contributed by atoms with van der Waals surface area (Å²) in [5, 5.41) is 11.7. The van der Waals surface area contributed by atoms with Gasteiger partial charge in [-0.2, -0.15) is 0 Å². The molecule has 0 bridgehead atoms. The average Bonchev–Trinajstić information content (AvgIpc) is 2.59. The third-order valence-electron chi connectivity index (χ3n) is 3.38. The van der Waals surface area contributed by atoms with Crippen LogP contribution in [0.4, 0.5) is 0 Å². The zero-order chi connectivity index (χ0) is 15.9. The highest BCUT2D eigenvalue weighted by atomic mass is 16.3. The Morgan fingerprint density at radius 3 is 2.23 bits per heavy atom. The molecule has 4 heteroatoms. The maximum Gasteiger partial charge on any atom is 0.252 e. The Morgan fingerprint density at radius 1 is 1.00 bits per heavy atom. The van der Waals surface area contributed by atoms with Crippen LogP contribution >= 0.6 is 0 Å². The van der Waals surface area contributed by atoms with E-state index >= 15 is 0 Å². The van der Waals surface area contributed by atoms with Gasteiger partial charge in [-0.25, -0.2) is 0 Å². The van der Waals surface area contributed by atoms with Crippen LogP contribution in [0, 0.1) is 5.92 Å². The summed E-state index contributed by atoms with van der Waals surface area (Å²) in [5.41, 5.74) is 1.27. The quantitative estimate of drug-likeness (QED) is 0.804. The average molecular weight is 297 g/mol. The lowest BCUT2D eigenvalue weighted by Crippen LogP contribution is -2.30. The second kappa shape index (κ2) is 7.52. The minimum atomic E-state index is -0.305. The largest absolute Gasteiger partial charge is 0.396 e. The summed E-state index contributed by atoms with van der Waals surface area (Å²) in [6.07, 6.45) is 0. The SMILES string of the molecule is CC(CO)CNC(=O)c1ccccc1C(=O)c1ccccc1. The molecular formula is C18H19NO3. The minimum absolute atomic E-state index is 0.00483. The van der Waals surface area contributed by atoms with Gasteiger partial charge in [0.2, 0.25) is 0 Å². The molecule has 4 nitrogen and oxygen atoms in total. The summed E-state index contributed by atoms with van der Waals surface area (Å²) >= 11 is 0. The monoisotopic (exact) mass is 297 g/mol. The third kappa shape index (κ3) is 3.80. The molecule has 0 saturated carbocycles. The molecule has 2 rings (SSSR count). The van der Waals surface area contributed by atoms with Crippen LogP contribution < -0.4 is 5.32 Å². The summed E-state index contributed by atoms with van der Waals surface area (Å²) in [6.45, 7) is 2.20. The van der Waals surface area contributed by atoms with Crippen molar-refractivity contribution in [1.82, 2.24) is 5.32 Å². The van der Waals surface area contributed by atoms with Gasteiger partial charge in [0.25, 0.3) is 5.91 Å². The summed E-state index contributed by atoms with van der Waals surface area (Å²) < 4.78 is 0. The number of hydrogen-bond acceptors (Lipinski definition) is 3. The maximum atomic E-state index is 12.5. The van der Waals surface area contributed by atoms with Crippen LogP contribution in [0.1, 0.15) is 33.2 Å². The fourth-order valence-electron chi connectivity index (χ4n) is 2.05. The van der Waals surface area contributed by atoms with Crippen molar-refractivity contribution >= 4 is 11.7 Å². The Bertz CT molecular complexity index is 652. The Kier molecular flexibility index (Phi) is 5.44. The van der Waals surface area contributed by atoms with Crippen molar-refractivity contribution < 1.29 is 14.7 Å². The number of carbonyl (C=O) groups is 2. The van der Waals surface area contributed by atoms with Gasteiger partial charge in [0.1, 0.15) is 0 Å². The van der Waals surface area contributed by atoms with Crippen molar-refractivity contribution in [3.8, 4) is 0 Å². The van der Waals surface area contributed by atoms with Crippen molar-refractivity contribution in [1.29, 1.82) is 0 Å². The van der Waals surface area contributed by atoms with Gasteiger partial charge < -0.3 is 10.4 Å². The highest BCUT2D eigenvalue weighted by Gasteiger charge is 2.17. The van der Waals surface area contributed by atoms with Gasteiger partial charge in [-0.3, -0.25) is 9.59 Å². The van der Waals surface area contributed by atoms with Crippen molar-refractivity contribution in [2.24, 2.45) is 5.92 Å². The molecule has 0 radical (unpaired) electrons. The minimum Gasteiger partial charge on any atom is -0.396 e. The molecule has 0 heterocycles. The predicted molar refractivity (Wildman–Crippen MR) is 84.9 cm³/mol. The zero-order valence-electron chi connectivity index (χ0n) is 12.5. The fraction of sp³-hybridized carbons (Fsp3) is 0.222. The van der Waals surface area contributed by atoms with Crippen LogP contribution in [0.2, 0.25) is 0 Å².